The fourth-order valence-corrected chi connectivity index (χ4v) is 4.86. The topological polar surface area (TPSA) is 74.5 Å². The molecule has 0 spiro atoms. The van der Waals surface area contributed by atoms with Crippen LogP contribution in [-0.4, -0.2) is 53.9 Å². The van der Waals surface area contributed by atoms with Crippen LogP contribution in [0, 0.1) is 24.6 Å². The van der Waals surface area contributed by atoms with Gasteiger partial charge in [0.15, 0.2) is 0 Å². The van der Waals surface area contributed by atoms with Gasteiger partial charge in [-0.05, 0) is 67.6 Å². The number of carbonyl (C=O) groups excluding carboxylic acids is 1. The monoisotopic (exact) mass is 605 g/mol. The highest BCUT2D eigenvalue weighted by atomic mass is 19.4. The lowest BCUT2D eigenvalue weighted by atomic mass is 10.0. The lowest BCUT2D eigenvalue weighted by Crippen LogP contribution is -2.44. The third kappa shape index (κ3) is 7.73. The van der Waals surface area contributed by atoms with Gasteiger partial charge in [0.05, 0.1) is 11.1 Å². The fraction of sp³-hybridized carbons (Fsp3) is 0.294. The second-order valence-electron chi connectivity index (χ2n) is 10.4. The molecule has 1 aromatic heterocycles. The summed E-state index contributed by atoms with van der Waals surface area (Å²) in [4.78, 5) is 21.4. The number of alkyl halides is 3. The quantitative estimate of drug-likeness (QED) is 0.200. The van der Waals surface area contributed by atoms with Crippen LogP contribution in [-0.2, 0) is 12.7 Å². The highest BCUT2D eigenvalue weighted by molar-refractivity contribution is 6.04. The number of nitrogens with zero attached hydrogens (tertiary/aromatic N) is 3. The first-order valence-corrected chi connectivity index (χ1v) is 14.4. The molecule has 1 saturated heterocycles. The third-order valence-corrected chi connectivity index (χ3v) is 7.37. The van der Waals surface area contributed by atoms with E-state index in [1.54, 1.807) is 24.3 Å². The van der Waals surface area contributed by atoms with Crippen LogP contribution < -0.4 is 11.1 Å². The van der Waals surface area contributed by atoms with E-state index in [2.05, 4.69) is 27.0 Å². The van der Waals surface area contributed by atoms with Gasteiger partial charge in [-0.25, -0.2) is 9.37 Å². The number of nitrogens with two attached hydrogens (primary N) is 1. The first-order valence-electron chi connectivity index (χ1n) is 14.4. The highest BCUT2D eigenvalue weighted by Crippen LogP contribution is 2.35. The number of hydrogen-bond donors (Lipinski definition) is 2. The Labute approximate surface area is 254 Å². The van der Waals surface area contributed by atoms with Crippen LogP contribution >= 0.6 is 0 Å². The summed E-state index contributed by atoms with van der Waals surface area (Å²) in [5, 5.41) is 3.77. The molecule has 1 amide bonds. The van der Waals surface area contributed by atoms with Crippen molar-refractivity contribution in [1.82, 2.24) is 14.8 Å². The molecule has 10 heteroatoms. The number of benzene rings is 3. The molecule has 5 rings (SSSR count). The molecule has 0 aliphatic carbocycles. The Bertz CT molecular complexity index is 1710. The van der Waals surface area contributed by atoms with Crippen molar-refractivity contribution in [3.63, 3.8) is 0 Å². The van der Waals surface area contributed by atoms with Crippen molar-refractivity contribution >= 4 is 28.2 Å². The zero-order valence-corrected chi connectivity index (χ0v) is 25.1. The van der Waals surface area contributed by atoms with E-state index in [-0.39, 0.29) is 29.2 Å². The summed E-state index contributed by atoms with van der Waals surface area (Å²) in [7, 11) is 1.99. The number of anilines is 2. The molecular weight excluding hydrogens is 570 g/mol. The number of halogens is 4. The second-order valence-corrected chi connectivity index (χ2v) is 10.4. The number of carbonyl (C=O) groups is 1. The zero-order chi connectivity index (χ0) is 32.0. The van der Waals surface area contributed by atoms with Crippen LogP contribution in [0.3, 0.4) is 0 Å². The van der Waals surface area contributed by atoms with Gasteiger partial charge in [-0.15, -0.1) is 0 Å². The molecule has 0 saturated carbocycles. The van der Waals surface area contributed by atoms with Gasteiger partial charge in [0.2, 0.25) is 0 Å². The average Bonchev–Trinajstić information content (AvgIpc) is 2.99. The minimum Gasteiger partial charge on any atom is -0.383 e. The minimum atomic E-state index is -4.57. The van der Waals surface area contributed by atoms with Crippen LogP contribution in [0.25, 0.3) is 10.8 Å². The number of piperazine rings is 1. The minimum absolute atomic E-state index is 0.0410. The molecule has 3 N–H and O–H groups in total. The number of likely N-dealkylation sites (N-methyl/N-ethyl adjacent to an activating group) is 1. The maximum Gasteiger partial charge on any atom is 0.416 e. The molecule has 1 aliphatic heterocycles. The van der Waals surface area contributed by atoms with Gasteiger partial charge in [0, 0.05) is 66.5 Å². The van der Waals surface area contributed by atoms with Gasteiger partial charge in [-0.3, -0.25) is 9.69 Å². The summed E-state index contributed by atoms with van der Waals surface area (Å²) in [6.45, 7) is 8.95. The van der Waals surface area contributed by atoms with E-state index >= 15 is 0 Å². The van der Waals surface area contributed by atoms with Crippen molar-refractivity contribution in [1.29, 1.82) is 0 Å². The lowest BCUT2D eigenvalue weighted by molar-refractivity contribution is -0.138. The van der Waals surface area contributed by atoms with E-state index in [9.17, 15) is 22.4 Å². The van der Waals surface area contributed by atoms with E-state index in [0.29, 0.717) is 35.0 Å². The second kappa shape index (κ2) is 13.9. The van der Waals surface area contributed by atoms with E-state index in [1.165, 1.54) is 30.5 Å². The predicted molar refractivity (Wildman–Crippen MR) is 167 cm³/mol. The molecule has 2 heterocycles. The summed E-state index contributed by atoms with van der Waals surface area (Å²) in [5.41, 5.74) is 7.32. The van der Waals surface area contributed by atoms with Gasteiger partial charge in [0.1, 0.15) is 11.6 Å². The Kier molecular flexibility index (Phi) is 10.2. The predicted octanol–water partition coefficient (Wildman–Crippen LogP) is 6.71. The zero-order valence-electron chi connectivity index (χ0n) is 25.1. The van der Waals surface area contributed by atoms with Crippen molar-refractivity contribution < 1.29 is 22.4 Å². The lowest BCUT2D eigenvalue weighted by Gasteiger charge is -2.33. The number of amides is 1. The number of hydrogen-bond acceptors (Lipinski definition) is 5. The van der Waals surface area contributed by atoms with Gasteiger partial charge >= 0.3 is 6.18 Å². The van der Waals surface area contributed by atoms with Gasteiger partial charge in [0.25, 0.3) is 5.91 Å². The number of pyridine rings is 1. The number of aryl methyl sites for hydroxylation is 1. The summed E-state index contributed by atoms with van der Waals surface area (Å²) in [5.74, 6) is 5.07. The average molecular weight is 606 g/mol. The molecule has 1 fully saturated rings. The Morgan fingerprint density at radius 2 is 1.73 bits per heavy atom. The highest BCUT2D eigenvalue weighted by Gasteiger charge is 2.34. The number of nitrogens with one attached hydrogen (secondary N) is 1. The van der Waals surface area contributed by atoms with Crippen LogP contribution in [0.4, 0.5) is 29.1 Å². The van der Waals surface area contributed by atoms with Gasteiger partial charge in [-0.2, -0.15) is 13.2 Å². The summed E-state index contributed by atoms with van der Waals surface area (Å²) in [6.07, 6.45) is -3.04. The Morgan fingerprint density at radius 3 is 2.43 bits per heavy atom. The maximum absolute atomic E-state index is 14.0. The smallest absolute Gasteiger partial charge is 0.383 e. The van der Waals surface area contributed by atoms with Crippen molar-refractivity contribution in [2.24, 2.45) is 0 Å². The SMILES string of the molecule is CC.Cc1ccc(C(=O)Nc2ccc(CN3CCN(C)CC3)c(C(F)(F)F)c2)cc1C#Cc1c(N)ncc2ccc(F)cc12. The molecule has 3 aromatic carbocycles. The first-order chi connectivity index (χ1) is 21.0. The molecule has 0 radical (unpaired) electrons. The molecule has 230 valence electrons. The van der Waals surface area contributed by atoms with Gasteiger partial charge < -0.3 is 16.0 Å². The Balaban J connectivity index is 0.00000216. The Morgan fingerprint density at radius 1 is 1.00 bits per heavy atom. The van der Waals surface area contributed by atoms with Crippen molar-refractivity contribution in [3.8, 4) is 11.8 Å². The van der Waals surface area contributed by atoms with E-state index in [1.807, 2.05) is 32.7 Å². The van der Waals surface area contributed by atoms with Crippen LogP contribution in [0.1, 0.15) is 52.0 Å². The number of aromatic nitrogens is 1. The Hall–Kier alpha value is -4.46. The van der Waals surface area contributed by atoms with Crippen LogP contribution in [0.15, 0.2) is 60.8 Å². The van der Waals surface area contributed by atoms with Gasteiger partial charge in [-0.1, -0.05) is 37.8 Å². The first kappa shape index (κ1) is 32.5. The molecule has 44 heavy (non-hydrogen) atoms. The standard InChI is InChI=1S/C32H29F4N5O.C2H6/c1-20-3-4-22(15-21(20)7-10-27-28-16-25(33)8-5-23(28)18-38-30(27)37)31(42)39-26-9-6-24(29(17-26)32(34,35)36)19-41-13-11-40(2)12-14-41;1-2/h3-6,8-9,15-18H,11-14,19H2,1-2H3,(H2,37,38)(H,39,42);1-2H3. The normalized spacial score (nSPS) is 13.9. The largest absolute Gasteiger partial charge is 0.416 e. The number of nitrogen functional groups attached to an aromatic ring is 1. The van der Waals surface area contributed by atoms with E-state index < -0.39 is 23.5 Å². The molecule has 0 atom stereocenters. The summed E-state index contributed by atoms with van der Waals surface area (Å²) < 4.78 is 55.9. The van der Waals surface area contributed by atoms with E-state index in [4.69, 9.17) is 5.73 Å². The summed E-state index contributed by atoms with van der Waals surface area (Å²) in [6, 6.07) is 13.0. The van der Waals surface area contributed by atoms with Crippen LogP contribution in [0.2, 0.25) is 0 Å². The number of fused-ring (bicyclic) bond motifs is 1. The molecule has 1 aliphatic rings. The van der Waals surface area contributed by atoms with Crippen molar-refractivity contribution in [2.45, 2.75) is 33.5 Å². The van der Waals surface area contributed by atoms with Crippen molar-refractivity contribution in [2.75, 3.05) is 44.3 Å². The van der Waals surface area contributed by atoms with E-state index in [0.717, 1.165) is 24.7 Å². The molecule has 4 aromatic rings. The van der Waals surface area contributed by atoms with Crippen LogP contribution in [0.5, 0.6) is 0 Å². The maximum atomic E-state index is 14.0. The molecule has 6 nitrogen and oxygen atoms in total. The van der Waals surface area contributed by atoms with Crippen molar-refractivity contribution in [3.05, 3.63) is 100.0 Å². The molecule has 0 unspecified atom stereocenters. The molecular formula is C34H35F4N5O. The number of rotatable bonds is 4. The fourth-order valence-electron chi connectivity index (χ4n) is 4.86. The molecule has 0 bridgehead atoms. The summed E-state index contributed by atoms with van der Waals surface area (Å²) >= 11 is 0. The third-order valence-electron chi connectivity index (χ3n) is 7.37.